The molecule has 0 aromatic carbocycles. The largest absolute Gasteiger partial charge is 0.331 e. The predicted octanol–water partition coefficient (Wildman–Crippen LogP) is 2.86. The lowest BCUT2D eigenvalue weighted by molar-refractivity contribution is -0.145. The van der Waals surface area contributed by atoms with Crippen molar-refractivity contribution in [1.29, 1.82) is 0 Å². The Balaban J connectivity index is 2.16. The van der Waals surface area contributed by atoms with E-state index in [2.05, 4.69) is 25.7 Å². The number of carbonyl (C=O) groups excluding carboxylic acids is 2. The molecule has 0 saturated carbocycles. The third-order valence-electron chi connectivity index (χ3n) is 4.98. The van der Waals surface area contributed by atoms with Gasteiger partial charge in [-0.05, 0) is 53.0 Å². The van der Waals surface area contributed by atoms with Gasteiger partial charge >= 0.3 is 0 Å². The van der Waals surface area contributed by atoms with Gasteiger partial charge in [0.25, 0.3) is 0 Å². The van der Waals surface area contributed by atoms with Crippen molar-refractivity contribution in [3.63, 3.8) is 0 Å². The van der Waals surface area contributed by atoms with Crippen LogP contribution in [0, 0.1) is 5.41 Å². The van der Waals surface area contributed by atoms with Gasteiger partial charge in [-0.25, -0.2) is 0 Å². The second-order valence-corrected chi connectivity index (χ2v) is 8.83. The highest BCUT2D eigenvalue weighted by atomic mass is 16.2. The number of hydrogen-bond donors (Lipinski definition) is 0. The summed E-state index contributed by atoms with van der Waals surface area (Å²) in [5.41, 5.74) is -0.382. The van der Waals surface area contributed by atoms with E-state index >= 15 is 0 Å². The summed E-state index contributed by atoms with van der Waals surface area (Å²) in [6.45, 7) is 14.1. The van der Waals surface area contributed by atoms with Crippen molar-refractivity contribution in [3.8, 4) is 0 Å². The van der Waals surface area contributed by atoms with Crippen molar-refractivity contribution in [3.05, 3.63) is 0 Å². The number of nitrogens with zero attached hydrogens (tertiary/aromatic N) is 2. The van der Waals surface area contributed by atoms with Crippen LogP contribution in [0.5, 0.6) is 0 Å². The Morgan fingerprint density at radius 2 is 1.41 bits per heavy atom. The maximum atomic E-state index is 13.1. The minimum absolute atomic E-state index is 0.0000830. The fourth-order valence-electron chi connectivity index (χ4n) is 3.82. The van der Waals surface area contributed by atoms with Crippen LogP contribution in [0.25, 0.3) is 0 Å². The Kier molecular flexibility index (Phi) is 4.72. The van der Waals surface area contributed by atoms with Gasteiger partial charge in [-0.15, -0.1) is 0 Å². The molecule has 2 heterocycles. The highest BCUT2D eigenvalue weighted by molar-refractivity contribution is 5.94. The molecular formula is C18H32N2O2. The second kappa shape index (κ2) is 5.95. The van der Waals surface area contributed by atoms with Crippen molar-refractivity contribution in [2.75, 3.05) is 13.1 Å². The highest BCUT2D eigenvalue weighted by Gasteiger charge is 2.44. The van der Waals surface area contributed by atoms with Crippen LogP contribution < -0.4 is 0 Å². The Hall–Kier alpha value is -0.900. The summed E-state index contributed by atoms with van der Waals surface area (Å²) in [6, 6.07) is -0.261. The van der Waals surface area contributed by atoms with Crippen LogP contribution in [-0.2, 0) is 9.59 Å². The van der Waals surface area contributed by atoms with Gasteiger partial charge in [-0.1, -0.05) is 20.8 Å². The SMILES string of the molecule is CC(C)(C)C(=O)C1CCCN1C(=O)C1CCCN1C(C)(C)C. The standard InChI is InChI=1S/C18H32N2O2/c1-17(2,3)15(21)13-9-7-11-19(13)16(22)14-10-8-12-20(14)18(4,5)6/h13-14H,7-12H2,1-6H3. The fraction of sp³-hybridized carbons (Fsp3) is 0.889. The number of hydrogen-bond acceptors (Lipinski definition) is 3. The van der Waals surface area contributed by atoms with E-state index < -0.39 is 0 Å². The van der Waals surface area contributed by atoms with E-state index in [0.717, 1.165) is 38.8 Å². The van der Waals surface area contributed by atoms with Gasteiger partial charge in [0.05, 0.1) is 12.1 Å². The van der Waals surface area contributed by atoms with Crippen LogP contribution in [0.15, 0.2) is 0 Å². The molecule has 0 aromatic rings. The molecule has 2 aliphatic heterocycles. The lowest BCUT2D eigenvalue weighted by Gasteiger charge is -2.39. The zero-order valence-corrected chi connectivity index (χ0v) is 15.1. The summed E-state index contributed by atoms with van der Waals surface area (Å²) in [7, 11) is 0. The molecule has 4 heteroatoms. The van der Waals surface area contributed by atoms with E-state index in [0.29, 0.717) is 0 Å². The van der Waals surface area contributed by atoms with Gasteiger partial charge in [0.2, 0.25) is 5.91 Å². The van der Waals surface area contributed by atoms with Crippen LogP contribution in [-0.4, -0.2) is 52.2 Å². The monoisotopic (exact) mass is 308 g/mol. The minimum Gasteiger partial charge on any atom is -0.331 e. The molecule has 2 rings (SSSR count). The molecular weight excluding hydrogens is 276 g/mol. The molecule has 0 bridgehead atoms. The molecule has 0 radical (unpaired) electrons. The predicted molar refractivity (Wildman–Crippen MR) is 88.7 cm³/mol. The first-order chi connectivity index (χ1) is 10.0. The fourth-order valence-corrected chi connectivity index (χ4v) is 3.82. The van der Waals surface area contributed by atoms with Crippen LogP contribution >= 0.6 is 0 Å². The Morgan fingerprint density at radius 3 is 1.95 bits per heavy atom. The average molecular weight is 308 g/mol. The van der Waals surface area contributed by atoms with E-state index in [9.17, 15) is 9.59 Å². The van der Waals surface area contributed by atoms with Gasteiger partial charge < -0.3 is 4.90 Å². The van der Waals surface area contributed by atoms with Crippen molar-refractivity contribution in [2.45, 2.75) is 84.8 Å². The molecule has 0 aliphatic carbocycles. The quantitative estimate of drug-likeness (QED) is 0.787. The van der Waals surface area contributed by atoms with Crippen molar-refractivity contribution in [2.24, 2.45) is 5.41 Å². The number of amides is 1. The first-order valence-corrected chi connectivity index (χ1v) is 8.65. The van der Waals surface area contributed by atoms with E-state index in [-0.39, 0.29) is 34.7 Å². The highest BCUT2D eigenvalue weighted by Crippen LogP contribution is 2.32. The van der Waals surface area contributed by atoms with Gasteiger partial charge in [0, 0.05) is 17.5 Å². The maximum Gasteiger partial charge on any atom is 0.240 e. The summed E-state index contributed by atoms with van der Waals surface area (Å²) < 4.78 is 0. The normalized spacial score (nSPS) is 27.5. The molecule has 0 N–H and O–H groups in total. The zero-order valence-electron chi connectivity index (χ0n) is 15.1. The summed E-state index contributed by atoms with van der Waals surface area (Å²) in [5, 5.41) is 0. The zero-order chi connectivity index (χ0) is 16.7. The Bertz CT molecular complexity index is 445. The third-order valence-corrected chi connectivity index (χ3v) is 4.98. The number of Topliss-reactive ketones (excluding diaryl/α,β-unsaturated/α-hetero) is 1. The van der Waals surface area contributed by atoms with Gasteiger partial charge in [0.15, 0.2) is 5.78 Å². The molecule has 2 unspecified atom stereocenters. The lowest BCUT2D eigenvalue weighted by atomic mass is 9.85. The maximum absolute atomic E-state index is 13.1. The van der Waals surface area contributed by atoms with Gasteiger partial charge in [-0.2, -0.15) is 0 Å². The van der Waals surface area contributed by atoms with E-state index in [4.69, 9.17) is 0 Å². The number of rotatable bonds is 2. The van der Waals surface area contributed by atoms with Crippen molar-refractivity contribution < 1.29 is 9.59 Å². The molecule has 4 nitrogen and oxygen atoms in total. The Morgan fingerprint density at radius 1 is 0.864 bits per heavy atom. The first kappa shape index (κ1) is 17.5. The molecule has 2 atom stereocenters. The first-order valence-electron chi connectivity index (χ1n) is 8.65. The summed E-state index contributed by atoms with van der Waals surface area (Å²) in [5.74, 6) is 0.381. The second-order valence-electron chi connectivity index (χ2n) is 8.83. The molecule has 2 saturated heterocycles. The molecule has 126 valence electrons. The number of ketones is 1. The average Bonchev–Trinajstić information content (AvgIpc) is 3.04. The van der Waals surface area contributed by atoms with Crippen LogP contribution in [0.4, 0.5) is 0 Å². The van der Waals surface area contributed by atoms with E-state index in [1.54, 1.807) is 0 Å². The molecule has 22 heavy (non-hydrogen) atoms. The Labute approximate surface area is 135 Å². The summed E-state index contributed by atoms with van der Waals surface area (Å²) >= 11 is 0. The molecule has 0 aromatic heterocycles. The number of likely N-dealkylation sites (tertiary alicyclic amines) is 2. The third kappa shape index (κ3) is 3.37. The van der Waals surface area contributed by atoms with Crippen LogP contribution in [0.3, 0.4) is 0 Å². The van der Waals surface area contributed by atoms with Crippen molar-refractivity contribution in [1.82, 2.24) is 9.80 Å². The number of carbonyl (C=O) groups is 2. The van der Waals surface area contributed by atoms with Crippen LogP contribution in [0.1, 0.15) is 67.2 Å². The summed E-state index contributed by atoms with van der Waals surface area (Å²) in [6.07, 6.45) is 3.76. The molecule has 2 fully saturated rings. The van der Waals surface area contributed by atoms with Gasteiger partial charge in [-0.3, -0.25) is 14.5 Å². The molecule has 0 spiro atoms. The smallest absolute Gasteiger partial charge is 0.240 e. The molecule has 1 amide bonds. The van der Waals surface area contributed by atoms with Crippen LogP contribution in [0.2, 0.25) is 0 Å². The lowest BCUT2D eigenvalue weighted by Crippen LogP contribution is -2.55. The van der Waals surface area contributed by atoms with Gasteiger partial charge in [0.1, 0.15) is 0 Å². The molecule has 2 aliphatic rings. The van der Waals surface area contributed by atoms with E-state index in [1.165, 1.54) is 0 Å². The minimum atomic E-state index is -0.382. The topological polar surface area (TPSA) is 40.6 Å². The van der Waals surface area contributed by atoms with Crippen molar-refractivity contribution >= 4 is 11.7 Å². The van der Waals surface area contributed by atoms with E-state index in [1.807, 2.05) is 25.7 Å². The summed E-state index contributed by atoms with van der Waals surface area (Å²) in [4.78, 5) is 29.9.